The van der Waals surface area contributed by atoms with Crippen LogP contribution in [0.15, 0.2) is 18.2 Å². The van der Waals surface area contributed by atoms with Gasteiger partial charge in [-0.1, -0.05) is 0 Å². The minimum Gasteiger partial charge on any atom is -0.478 e. The monoisotopic (exact) mass is 220 g/mol. The first kappa shape index (κ1) is 10.8. The summed E-state index contributed by atoms with van der Waals surface area (Å²) in [7, 11) is 0. The van der Waals surface area contributed by atoms with E-state index in [2.05, 4.69) is 24.1 Å². The maximum absolute atomic E-state index is 10.9. The fourth-order valence-electron chi connectivity index (χ4n) is 2.02. The molecule has 2 N–H and O–H groups in total. The summed E-state index contributed by atoms with van der Waals surface area (Å²) >= 11 is 0. The predicted octanol–water partition coefficient (Wildman–Crippen LogP) is 2.03. The zero-order valence-electron chi connectivity index (χ0n) is 9.53. The van der Waals surface area contributed by atoms with E-state index in [4.69, 9.17) is 5.11 Å². The van der Waals surface area contributed by atoms with Crippen LogP contribution in [0, 0.1) is 0 Å². The van der Waals surface area contributed by atoms with Crippen LogP contribution >= 0.6 is 0 Å². The molecule has 86 valence electrons. The van der Waals surface area contributed by atoms with Gasteiger partial charge in [0.15, 0.2) is 0 Å². The third kappa shape index (κ3) is 1.83. The number of nitrogens with zero attached hydrogens (tertiary/aromatic N) is 1. The number of nitrogens with one attached hydrogen (secondary N) is 1. The zero-order valence-corrected chi connectivity index (χ0v) is 9.53. The number of aromatic carboxylic acids is 1. The van der Waals surface area contributed by atoms with Crippen molar-refractivity contribution in [2.75, 3.05) is 23.3 Å². The molecule has 1 aromatic rings. The van der Waals surface area contributed by atoms with Crippen molar-refractivity contribution in [1.82, 2.24) is 0 Å². The number of fused-ring (bicyclic) bond motifs is 1. The van der Waals surface area contributed by atoms with Gasteiger partial charge in [-0.15, -0.1) is 0 Å². The third-order valence-electron chi connectivity index (χ3n) is 2.85. The maximum atomic E-state index is 10.9. The molecule has 16 heavy (non-hydrogen) atoms. The summed E-state index contributed by atoms with van der Waals surface area (Å²) in [6.07, 6.45) is 0. The van der Waals surface area contributed by atoms with Crippen LogP contribution in [0.3, 0.4) is 0 Å². The second-order valence-corrected chi connectivity index (χ2v) is 4.25. The second-order valence-electron chi connectivity index (χ2n) is 4.25. The summed E-state index contributed by atoms with van der Waals surface area (Å²) in [6.45, 7) is 6.04. The van der Waals surface area contributed by atoms with Crippen molar-refractivity contribution in [3.05, 3.63) is 23.8 Å². The van der Waals surface area contributed by atoms with Crippen molar-refractivity contribution in [2.24, 2.45) is 0 Å². The number of rotatable bonds is 2. The van der Waals surface area contributed by atoms with Gasteiger partial charge in [0.05, 0.1) is 16.9 Å². The second kappa shape index (κ2) is 4.04. The zero-order chi connectivity index (χ0) is 11.7. The number of carboxylic acid groups (broad SMARTS) is 1. The molecule has 1 aliphatic heterocycles. The molecule has 4 heteroatoms. The predicted molar refractivity (Wildman–Crippen MR) is 64.4 cm³/mol. The molecule has 0 saturated heterocycles. The highest BCUT2D eigenvalue weighted by Crippen LogP contribution is 2.31. The highest BCUT2D eigenvalue weighted by atomic mass is 16.4. The molecule has 2 rings (SSSR count). The van der Waals surface area contributed by atoms with E-state index in [1.165, 1.54) is 0 Å². The van der Waals surface area contributed by atoms with Gasteiger partial charge in [-0.25, -0.2) is 4.79 Å². The Balaban J connectivity index is 2.44. The van der Waals surface area contributed by atoms with Gasteiger partial charge >= 0.3 is 5.97 Å². The standard InChI is InChI=1S/C12H16N2O2/c1-8(2)14-6-5-13-10-4-3-9(12(15)16)7-11(10)14/h3-4,7-8,13H,5-6H2,1-2H3,(H,15,16). The molecule has 0 saturated carbocycles. The van der Waals surface area contributed by atoms with Crippen LogP contribution in [-0.4, -0.2) is 30.2 Å². The van der Waals surface area contributed by atoms with Crippen LogP contribution in [0.25, 0.3) is 0 Å². The number of hydrogen-bond donors (Lipinski definition) is 2. The highest BCUT2D eigenvalue weighted by molar-refractivity contribution is 5.91. The van der Waals surface area contributed by atoms with Gasteiger partial charge in [0.2, 0.25) is 0 Å². The Morgan fingerprint density at radius 1 is 1.50 bits per heavy atom. The van der Waals surface area contributed by atoms with E-state index in [1.807, 2.05) is 6.07 Å². The van der Waals surface area contributed by atoms with E-state index >= 15 is 0 Å². The third-order valence-corrected chi connectivity index (χ3v) is 2.85. The first-order chi connectivity index (χ1) is 7.59. The van der Waals surface area contributed by atoms with E-state index in [0.29, 0.717) is 11.6 Å². The first-order valence-electron chi connectivity index (χ1n) is 5.47. The minimum absolute atomic E-state index is 0.341. The van der Waals surface area contributed by atoms with E-state index < -0.39 is 5.97 Å². The lowest BCUT2D eigenvalue weighted by Crippen LogP contribution is -2.39. The maximum Gasteiger partial charge on any atom is 0.335 e. The molecular formula is C12H16N2O2. The lowest BCUT2D eigenvalue weighted by atomic mass is 10.1. The van der Waals surface area contributed by atoms with Crippen LogP contribution in [0.1, 0.15) is 24.2 Å². The summed E-state index contributed by atoms with van der Waals surface area (Å²) in [5, 5.41) is 12.3. The Kier molecular flexibility index (Phi) is 2.73. The molecule has 0 fully saturated rings. The quantitative estimate of drug-likeness (QED) is 0.800. The molecule has 0 aromatic heterocycles. The molecule has 0 bridgehead atoms. The van der Waals surface area contributed by atoms with Crippen LogP contribution in [0.2, 0.25) is 0 Å². The number of anilines is 2. The Bertz CT molecular complexity index is 415. The van der Waals surface area contributed by atoms with Crippen LogP contribution < -0.4 is 10.2 Å². The average molecular weight is 220 g/mol. The summed E-state index contributed by atoms with van der Waals surface area (Å²) in [5.41, 5.74) is 2.35. The summed E-state index contributed by atoms with van der Waals surface area (Å²) < 4.78 is 0. The lowest BCUT2D eigenvalue weighted by molar-refractivity contribution is 0.0697. The van der Waals surface area contributed by atoms with Gasteiger partial charge in [-0.05, 0) is 32.0 Å². The Morgan fingerprint density at radius 2 is 2.25 bits per heavy atom. The van der Waals surface area contributed by atoms with E-state index in [0.717, 1.165) is 24.5 Å². The van der Waals surface area contributed by atoms with Crippen molar-refractivity contribution in [3.8, 4) is 0 Å². The van der Waals surface area contributed by atoms with Gasteiger partial charge in [0.1, 0.15) is 0 Å². The smallest absolute Gasteiger partial charge is 0.335 e. The SMILES string of the molecule is CC(C)N1CCNc2ccc(C(=O)O)cc21. The number of benzene rings is 1. The van der Waals surface area contributed by atoms with Crippen LogP contribution in [0.4, 0.5) is 11.4 Å². The number of carboxylic acids is 1. The normalized spacial score (nSPS) is 14.6. The topological polar surface area (TPSA) is 52.6 Å². The summed E-state index contributed by atoms with van der Waals surface area (Å²) in [4.78, 5) is 13.1. The molecule has 1 aliphatic rings. The van der Waals surface area contributed by atoms with Crippen molar-refractivity contribution in [3.63, 3.8) is 0 Å². The summed E-state index contributed by atoms with van der Waals surface area (Å²) in [6, 6.07) is 5.60. The van der Waals surface area contributed by atoms with Crippen molar-refractivity contribution in [1.29, 1.82) is 0 Å². The van der Waals surface area contributed by atoms with Crippen molar-refractivity contribution >= 4 is 17.3 Å². The van der Waals surface area contributed by atoms with Gasteiger partial charge in [0, 0.05) is 19.1 Å². The largest absolute Gasteiger partial charge is 0.478 e. The molecule has 4 nitrogen and oxygen atoms in total. The summed E-state index contributed by atoms with van der Waals surface area (Å²) in [5.74, 6) is -0.878. The van der Waals surface area contributed by atoms with Crippen molar-refractivity contribution in [2.45, 2.75) is 19.9 Å². The molecular weight excluding hydrogens is 204 g/mol. The van der Waals surface area contributed by atoms with Crippen LogP contribution in [0.5, 0.6) is 0 Å². The molecule has 0 spiro atoms. The van der Waals surface area contributed by atoms with Crippen molar-refractivity contribution < 1.29 is 9.90 Å². The molecule has 0 atom stereocenters. The molecule has 0 amide bonds. The number of hydrogen-bond acceptors (Lipinski definition) is 3. The fraction of sp³-hybridized carbons (Fsp3) is 0.417. The Morgan fingerprint density at radius 3 is 2.88 bits per heavy atom. The molecule has 0 aliphatic carbocycles. The molecule has 1 aromatic carbocycles. The molecule has 0 radical (unpaired) electrons. The molecule has 1 heterocycles. The molecule has 0 unspecified atom stereocenters. The number of carbonyl (C=O) groups is 1. The van der Waals surface area contributed by atoms with E-state index in [9.17, 15) is 4.79 Å². The van der Waals surface area contributed by atoms with Crippen LogP contribution in [-0.2, 0) is 0 Å². The minimum atomic E-state index is -0.878. The van der Waals surface area contributed by atoms with Gasteiger partial charge in [-0.2, -0.15) is 0 Å². The van der Waals surface area contributed by atoms with Gasteiger partial charge in [-0.3, -0.25) is 0 Å². The average Bonchev–Trinajstić information content (AvgIpc) is 2.27. The van der Waals surface area contributed by atoms with Gasteiger partial charge in [0.25, 0.3) is 0 Å². The first-order valence-corrected chi connectivity index (χ1v) is 5.47. The highest BCUT2D eigenvalue weighted by Gasteiger charge is 2.20. The lowest BCUT2D eigenvalue weighted by Gasteiger charge is -2.35. The van der Waals surface area contributed by atoms with Gasteiger partial charge < -0.3 is 15.3 Å². The Hall–Kier alpha value is -1.71. The Labute approximate surface area is 94.9 Å². The van der Waals surface area contributed by atoms with E-state index in [-0.39, 0.29) is 0 Å². The van der Waals surface area contributed by atoms with E-state index in [1.54, 1.807) is 12.1 Å². The fourth-order valence-corrected chi connectivity index (χ4v) is 2.02.